The molecule has 1 aromatic rings. The topological polar surface area (TPSA) is 41.5 Å². The summed E-state index contributed by atoms with van der Waals surface area (Å²) in [6, 6.07) is 8.60. The average Bonchev–Trinajstić information content (AvgIpc) is 3.13. The first kappa shape index (κ1) is 10.1. The van der Waals surface area contributed by atoms with E-state index < -0.39 is 0 Å². The van der Waals surface area contributed by atoms with Crippen LogP contribution in [0, 0.1) is 0 Å². The molecule has 2 N–H and O–H groups in total. The van der Waals surface area contributed by atoms with Gasteiger partial charge in [0.05, 0.1) is 18.8 Å². The highest BCUT2D eigenvalue weighted by Crippen LogP contribution is 2.38. The van der Waals surface area contributed by atoms with Crippen molar-refractivity contribution in [2.24, 2.45) is 0 Å². The number of ether oxygens (including phenoxy) is 1. The van der Waals surface area contributed by atoms with Crippen LogP contribution in [0.2, 0.25) is 0 Å². The van der Waals surface area contributed by atoms with Gasteiger partial charge in [-0.2, -0.15) is 0 Å². The zero-order chi connectivity index (χ0) is 11.0. The molecule has 0 bridgehead atoms. The summed E-state index contributed by atoms with van der Waals surface area (Å²) in [5.74, 6) is 0.913. The van der Waals surface area contributed by atoms with Gasteiger partial charge >= 0.3 is 0 Å². The fourth-order valence-electron chi connectivity index (χ4n) is 2.44. The molecule has 1 aliphatic heterocycles. The van der Waals surface area contributed by atoms with Crippen molar-refractivity contribution in [1.29, 1.82) is 0 Å². The van der Waals surface area contributed by atoms with E-state index >= 15 is 0 Å². The summed E-state index contributed by atoms with van der Waals surface area (Å²) in [5, 5.41) is 13.3. The summed E-state index contributed by atoms with van der Waals surface area (Å²) in [4.78, 5) is 0. The summed E-state index contributed by atoms with van der Waals surface area (Å²) >= 11 is 0. The molecule has 0 saturated heterocycles. The SMILES string of the molecule is OCC1(NC2CC2)CCOc2ccccc21. The maximum absolute atomic E-state index is 9.75. The van der Waals surface area contributed by atoms with E-state index in [1.165, 1.54) is 12.8 Å². The summed E-state index contributed by atoms with van der Waals surface area (Å²) in [6.45, 7) is 0.821. The van der Waals surface area contributed by atoms with Crippen LogP contribution in [-0.4, -0.2) is 24.4 Å². The number of aliphatic hydroxyl groups is 1. The van der Waals surface area contributed by atoms with E-state index in [9.17, 15) is 5.11 Å². The van der Waals surface area contributed by atoms with E-state index in [0.29, 0.717) is 12.6 Å². The van der Waals surface area contributed by atoms with Crippen molar-refractivity contribution in [3.63, 3.8) is 0 Å². The van der Waals surface area contributed by atoms with Crippen LogP contribution in [0.3, 0.4) is 0 Å². The third-order valence-electron chi connectivity index (χ3n) is 3.52. The van der Waals surface area contributed by atoms with Crippen LogP contribution in [0.4, 0.5) is 0 Å². The third kappa shape index (κ3) is 1.60. The molecular formula is C13H17NO2. The summed E-state index contributed by atoms with van der Waals surface area (Å²) in [7, 11) is 0. The Morgan fingerprint density at radius 2 is 2.19 bits per heavy atom. The minimum absolute atomic E-state index is 0.143. The first-order chi connectivity index (χ1) is 7.84. The lowest BCUT2D eigenvalue weighted by Gasteiger charge is -2.38. The molecular weight excluding hydrogens is 202 g/mol. The van der Waals surface area contributed by atoms with Crippen molar-refractivity contribution >= 4 is 0 Å². The van der Waals surface area contributed by atoms with Crippen molar-refractivity contribution in [1.82, 2.24) is 5.32 Å². The Morgan fingerprint density at radius 1 is 1.38 bits per heavy atom. The Hall–Kier alpha value is -1.06. The van der Waals surface area contributed by atoms with Crippen LogP contribution in [-0.2, 0) is 5.54 Å². The van der Waals surface area contributed by atoms with E-state index in [0.717, 1.165) is 17.7 Å². The lowest BCUT2D eigenvalue weighted by molar-refractivity contribution is 0.106. The first-order valence-electron chi connectivity index (χ1n) is 5.95. The Bertz CT molecular complexity index is 389. The molecule has 1 atom stereocenters. The van der Waals surface area contributed by atoms with Crippen LogP contribution < -0.4 is 10.1 Å². The molecule has 1 aromatic carbocycles. The van der Waals surface area contributed by atoms with Crippen LogP contribution in [0.15, 0.2) is 24.3 Å². The molecule has 1 heterocycles. The van der Waals surface area contributed by atoms with Gasteiger partial charge in [-0.15, -0.1) is 0 Å². The number of para-hydroxylation sites is 1. The molecule has 0 spiro atoms. The van der Waals surface area contributed by atoms with Crippen molar-refractivity contribution in [3.05, 3.63) is 29.8 Å². The number of aliphatic hydroxyl groups excluding tert-OH is 1. The summed E-state index contributed by atoms with van der Waals surface area (Å²) < 4.78 is 5.63. The Labute approximate surface area is 95.4 Å². The molecule has 0 aromatic heterocycles. The molecule has 1 fully saturated rings. The Morgan fingerprint density at radius 3 is 2.94 bits per heavy atom. The molecule has 2 aliphatic rings. The fraction of sp³-hybridized carbons (Fsp3) is 0.538. The van der Waals surface area contributed by atoms with Crippen LogP contribution >= 0.6 is 0 Å². The van der Waals surface area contributed by atoms with Gasteiger partial charge < -0.3 is 15.2 Å². The smallest absolute Gasteiger partial charge is 0.124 e. The van der Waals surface area contributed by atoms with Gasteiger partial charge in [0.25, 0.3) is 0 Å². The normalized spacial score (nSPS) is 28.3. The largest absolute Gasteiger partial charge is 0.493 e. The number of fused-ring (bicyclic) bond motifs is 1. The molecule has 1 aliphatic carbocycles. The van der Waals surface area contributed by atoms with E-state index in [1.807, 2.05) is 18.2 Å². The second-order valence-corrected chi connectivity index (χ2v) is 4.75. The average molecular weight is 219 g/mol. The predicted molar refractivity (Wildman–Crippen MR) is 61.5 cm³/mol. The highest BCUT2D eigenvalue weighted by Gasteiger charge is 2.40. The molecule has 1 saturated carbocycles. The van der Waals surface area contributed by atoms with Gasteiger partial charge in [0.1, 0.15) is 5.75 Å². The highest BCUT2D eigenvalue weighted by atomic mass is 16.5. The molecule has 0 amide bonds. The van der Waals surface area contributed by atoms with Gasteiger partial charge in [0.2, 0.25) is 0 Å². The zero-order valence-corrected chi connectivity index (χ0v) is 9.28. The molecule has 3 nitrogen and oxygen atoms in total. The Balaban J connectivity index is 1.98. The van der Waals surface area contributed by atoms with Crippen LogP contribution in [0.25, 0.3) is 0 Å². The van der Waals surface area contributed by atoms with Crippen LogP contribution in [0.5, 0.6) is 5.75 Å². The number of hydrogen-bond donors (Lipinski definition) is 2. The summed E-state index contributed by atoms with van der Waals surface area (Å²) in [5.41, 5.74) is 0.825. The highest BCUT2D eigenvalue weighted by molar-refractivity contribution is 5.41. The molecule has 86 valence electrons. The van der Waals surface area contributed by atoms with Gasteiger partial charge in [0.15, 0.2) is 0 Å². The first-order valence-corrected chi connectivity index (χ1v) is 5.95. The van der Waals surface area contributed by atoms with E-state index in [-0.39, 0.29) is 12.1 Å². The van der Waals surface area contributed by atoms with Gasteiger partial charge in [-0.25, -0.2) is 0 Å². The van der Waals surface area contributed by atoms with Crippen molar-refractivity contribution in [2.45, 2.75) is 30.8 Å². The number of hydrogen-bond acceptors (Lipinski definition) is 3. The minimum atomic E-state index is -0.282. The van der Waals surface area contributed by atoms with E-state index in [2.05, 4.69) is 11.4 Å². The second kappa shape index (κ2) is 3.75. The minimum Gasteiger partial charge on any atom is -0.493 e. The third-order valence-corrected chi connectivity index (χ3v) is 3.52. The molecule has 3 rings (SSSR count). The molecule has 3 heteroatoms. The quantitative estimate of drug-likeness (QED) is 0.807. The number of rotatable bonds is 3. The van der Waals surface area contributed by atoms with Gasteiger partial charge in [-0.1, -0.05) is 18.2 Å². The molecule has 0 radical (unpaired) electrons. The lowest BCUT2D eigenvalue weighted by Crippen LogP contribution is -2.49. The van der Waals surface area contributed by atoms with Crippen molar-refractivity contribution < 1.29 is 9.84 Å². The van der Waals surface area contributed by atoms with Gasteiger partial charge in [0, 0.05) is 18.0 Å². The van der Waals surface area contributed by atoms with E-state index in [4.69, 9.17) is 4.74 Å². The Kier molecular flexibility index (Phi) is 2.37. The number of benzene rings is 1. The van der Waals surface area contributed by atoms with Crippen molar-refractivity contribution in [3.8, 4) is 5.75 Å². The second-order valence-electron chi connectivity index (χ2n) is 4.75. The number of nitrogens with one attached hydrogen (secondary N) is 1. The van der Waals surface area contributed by atoms with Gasteiger partial charge in [-0.3, -0.25) is 0 Å². The van der Waals surface area contributed by atoms with Crippen molar-refractivity contribution in [2.75, 3.05) is 13.2 Å². The monoisotopic (exact) mass is 219 g/mol. The summed E-state index contributed by atoms with van der Waals surface area (Å²) in [6.07, 6.45) is 3.30. The molecule has 16 heavy (non-hydrogen) atoms. The maximum Gasteiger partial charge on any atom is 0.124 e. The predicted octanol–water partition coefficient (Wildman–Crippen LogP) is 1.41. The fourth-order valence-corrected chi connectivity index (χ4v) is 2.44. The van der Waals surface area contributed by atoms with E-state index in [1.54, 1.807) is 0 Å². The molecule has 1 unspecified atom stereocenters. The maximum atomic E-state index is 9.75. The standard InChI is InChI=1S/C13H17NO2/c15-9-13(14-10-5-6-10)7-8-16-12-4-2-1-3-11(12)13/h1-4,10,14-15H,5-9H2. The van der Waals surface area contributed by atoms with Crippen LogP contribution in [0.1, 0.15) is 24.8 Å². The zero-order valence-electron chi connectivity index (χ0n) is 9.28. The lowest BCUT2D eigenvalue weighted by atomic mass is 9.85. The van der Waals surface area contributed by atoms with Gasteiger partial charge in [-0.05, 0) is 18.9 Å².